The van der Waals surface area contributed by atoms with Crippen LogP contribution in [0.15, 0.2) is 24.3 Å². The molecule has 0 radical (unpaired) electrons. The Morgan fingerprint density at radius 1 is 1.43 bits per heavy atom. The zero-order valence-electron chi connectivity index (χ0n) is 12.5. The average molecular weight is 284 g/mol. The van der Waals surface area contributed by atoms with E-state index >= 15 is 0 Å². The molecular formula is C16H20N4O. The summed E-state index contributed by atoms with van der Waals surface area (Å²) in [7, 11) is 0. The van der Waals surface area contributed by atoms with E-state index in [-0.39, 0.29) is 5.91 Å². The lowest BCUT2D eigenvalue weighted by molar-refractivity contribution is -0.127. The molecule has 3 heterocycles. The van der Waals surface area contributed by atoms with Crippen LogP contribution in [0.3, 0.4) is 0 Å². The molecule has 110 valence electrons. The van der Waals surface area contributed by atoms with Crippen LogP contribution in [0.1, 0.15) is 24.7 Å². The van der Waals surface area contributed by atoms with Crippen molar-refractivity contribution in [1.29, 1.82) is 0 Å². The smallest absolute Gasteiger partial charge is 0.219 e. The third-order valence-corrected chi connectivity index (χ3v) is 4.00. The minimum absolute atomic E-state index is 0.172. The molecule has 0 spiro atoms. The summed E-state index contributed by atoms with van der Waals surface area (Å²) < 4.78 is 0. The summed E-state index contributed by atoms with van der Waals surface area (Å²) in [6.07, 6.45) is 1.98. The molecule has 0 bridgehead atoms. The molecule has 1 amide bonds. The molecule has 1 saturated heterocycles. The summed E-state index contributed by atoms with van der Waals surface area (Å²) in [4.78, 5) is 18.0. The van der Waals surface area contributed by atoms with Gasteiger partial charge in [-0.3, -0.25) is 14.9 Å². The average Bonchev–Trinajstić information content (AvgIpc) is 3.08. The van der Waals surface area contributed by atoms with Gasteiger partial charge in [-0.05, 0) is 43.9 Å². The molecule has 0 saturated carbocycles. The quantitative estimate of drug-likeness (QED) is 0.939. The van der Waals surface area contributed by atoms with Crippen molar-refractivity contribution in [3.05, 3.63) is 35.7 Å². The van der Waals surface area contributed by atoms with Gasteiger partial charge >= 0.3 is 0 Å². The summed E-state index contributed by atoms with van der Waals surface area (Å²) >= 11 is 0. The molecule has 2 aromatic heterocycles. The minimum atomic E-state index is 0.172. The summed E-state index contributed by atoms with van der Waals surface area (Å²) in [6, 6.07) is 8.06. The van der Waals surface area contributed by atoms with E-state index < -0.39 is 0 Å². The zero-order chi connectivity index (χ0) is 14.8. The standard InChI is InChI=1S/C16H20N4O/c1-11-8-16(19-18-11)15-5-3-4-14(17-15)9-13-6-7-20(10-13)12(2)21/h3-5,8,13H,6-7,9-10H2,1-2H3,(H,18,19)/t13-/m1/s1. The van der Waals surface area contributed by atoms with Crippen LogP contribution in [0, 0.1) is 12.8 Å². The Bertz CT molecular complexity index is 649. The fraction of sp³-hybridized carbons (Fsp3) is 0.438. The van der Waals surface area contributed by atoms with E-state index in [0.717, 1.165) is 48.7 Å². The van der Waals surface area contributed by atoms with Crippen molar-refractivity contribution in [2.45, 2.75) is 26.7 Å². The van der Waals surface area contributed by atoms with E-state index in [1.54, 1.807) is 6.92 Å². The van der Waals surface area contributed by atoms with Crippen LogP contribution < -0.4 is 0 Å². The van der Waals surface area contributed by atoms with Gasteiger partial charge in [0.1, 0.15) is 5.69 Å². The number of carbonyl (C=O) groups is 1. The number of rotatable bonds is 3. The van der Waals surface area contributed by atoms with Crippen molar-refractivity contribution in [3.8, 4) is 11.4 Å². The Labute approximate surface area is 124 Å². The van der Waals surface area contributed by atoms with Crippen molar-refractivity contribution in [2.75, 3.05) is 13.1 Å². The highest BCUT2D eigenvalue weighted by Gasteiger charge is 2.24. The predicted molar refractivity (Wildman–Crippen MR) is 80.6 cm³/mol. The van der Waals surface area contributed by atoms with Gasteiger partial charge in [-0.25, -0.2) is 0 Å². The van der Waals surface area contributed by atoms with Crippen molar-refractivity contribution >= 4 is 5.91 Å². The first kappa shape index (κ1) is 13.8. The Morgan fingerprint density at radius 3 is 2.95 bits per heavy atom. The third kappa shape index (κ3) is 3.12. The number of carbonyl (C=O) groups excluding carboxylic acids is 1. The lowest BCUT2D eigenvalue weighted by atomic mass is 10.0. The topological polar surface area (TPSA) is 61.9 Å². The van der Waals surface area contributed by atoms with Crippen molar-refractivity contribution in [3.63, 3.8) is 0 Å². The molecule has 3 rings (SSSR count). The molecule has 1 atom stereocenters. The van der Waals surface area contributed by atoms with E-state index in [0.29, 0.717) is 5.92 Å². The predicted octanol–water partition coefficient (Wildman–Crippen LogP) is 2.19. The number of hydrogen-bond donors (Lipinski definition) is 1. The molecule has 1 N–H and O–H groups in total. The number of aryl methyl sites for hydroxylation is 1. The number of pyridine rings is 1. The van der Waals surface area contributed by atoms with E-state index in [1.165, 1.54) is 0 Å². The Morgan fingerprint density at radius 2 is 2.29 bits per heavy atom. The van der Waals surface area contributed by atoms with Gasteiger partial charge in [0.2, 0.25) is 5.91 Å². The molecule has 5 nitrogen and oxygen atoms in total. The molecule has 1 fully saturated rings. The van der Waals surface area contributed by atoms with Crippen molar-refractivity contribution in [2.24, 2.45) is 5.92 Å². The third-order valence-electron chi connectivity index (χ3n) is 4.00. The van der Waals surface area contributed by atoms with Crippen LogP contribution in [-0.4, -0.2) is 39.1 Å². The highest BCUT2D eigenvalue weighted by atomic mass is 16.2. The number of aromatic amines is 1. The van der Waals surface area contributed by atoms with Crippen LogP contribution in [-0.2, 0) is 11.2 Å². The summed E-state index contributed by atoms with van der Waals surface area (Å²) in [5.74, 6) is 0.684. The van der Waals surface area contributed by atoms with Crippen LogP contribution in [0.4, 0.5) is 0 Å². The van der Waals surface area contributed by atoms with E-state index in [1.807, 2.05) is 30.0 Å². The lowest BCUT2D eigenvalue weighted by Crippen LogP contribution is -2.26. The first-order valence-electron chi connectivity index (χ1n) is 7.35. The Hall–Kier alpha value is -2.17. The maximum absolute atomic E-state index is 11.4. The SMILES string of the molecule is CC(=O)N1CC[C@H](Cc2cccc(-c3cc(C)[nH]n3)n2)C1. The Balaban J connectivity index is 1.71. The second-order valence-corrected chi connectivity index (χ2v) is 5.77. The molecule has 21 heavy (non-hydrogen) atoms. The molecule has 1 aliphatic rings. The largest absolute Gasteiger partial charge is 0.343 e. The molecule has 0 aliphatic carbocycles. The van der Waals surface area contributed by atoms with Crippen LogP contribution in [0.5, 0.6) is 0 Å². The number of nitrogens with zero attached hydrogens (tertiary/aromatic N) is 3. The summed E-state index contributed by atoms with van der Waals surface area (Å²) in [5, 5.41) is 7.20. The fourth-order valence-electron chi connectivity index (χ4n) is 2.87. The fourth-order valence-corrected chi connectivity index (χ4v) is 2.87. The molecular weight excluding hydrogens is 264 g/mol. The van der Waals surface area contributed by atoms with E-state index in [4.69, 9.17) is 4.98 Å². The van der Waals surface area contributed by atoms with Crippen LogP contribution in [0.25, 0.3) is 11.4 Å². The highest BCUT2D eigenvalue weighted by molar-refractivity contribution is 5.73. The monoisotopic (exact) mass is 284 g/mol. The first-order valence-corrected chi connectivity index (χ1v) is 7.35. The number of hydrogen-bond acceptors (Lipinski definition) is 3. The van der Waals surface area contributed by atoms with Gasteiger partial charge in [-0.1, -0.05) is 6.07 Å². The van der Waals surface area contributed by atoms with Gasteiger partial charge in [0, 0.05) is 31.4 Å². The maximum Gasteiger partial charge on any atom is 0.219 e. The first-order chi connectivity index (χ1) is 10.1. The zero-order valence-corrected chi connectivity index (χ0v) is 12.5. The van der Waals surface area contributed by atoms with Crippen LogP contribution in [0.2, 0.25) is 0 Å². The minimum Gasteiger partial charge on any atom is -0.343 e. The second-order valence-electron chi connectivity index (χ2n) is 5.77. The van der Waals surface area contributed by atoms with E-state index in [2.05, 4.69) is 16.3 Å². The molecule has 5 heteroatoms. The van der Waals surface area contributed by atoms with Crippen molar-refractivity contribution in [1.82, 2.24) is 20.1 Å². The van der Waals surface area contributed by atoms with Crippen molar-refractivity contribution < 1.29 is 4.79 Å². The number of likely N-dealkylation sites (tertiary alicyclic amines) is 1. The maximum atomic E-state index is 11.4. The number of H-pyrrole nitrogens is 1. The number of amides is 1. The molecule has 2 aromatic rings. The van der Waals surface area contributed by atoms with Gasteiger partial charge in [0.25, 0.3) is 0 Å². The summed E-state index contributed by atoms with van der Waals surface area (Å²) in [6.45, 7) is 5.34. The van der Waals surface area contributed by atoms with Gasteiger partial charge in [0.15, 0.2) is 0 Å². The highest BCUT2D eigenvalue weighted by Crippen LogP contribution is 2.22. The van der Waals surface area contributed by atoms with Gasteiger partial charge < -0.3 is 4.90 Å². The van der Waals surface area contributed by atoms with Gasteiger partial charge in [0.05, 0.1) is 5.69 Å². The molecule has 1 aliphatic heterocycles. The molecule has 0 aromatic carbocycles. The lowest BCUT2D eigenvalue weighted by Gasteiger charge is -2.13. The van der Waals surface area contributed by atoms with E-state index in [9.17, 15) is 4.79 Å². The normalized spacial score (nSPS) is 18.2. The number of aromatic nitrogens is 3. The van der Waals surface area contributed by atoms with Gasteiger partial charge in [-0.2, -0.15) is 5.10 Å². The van der Waals surface area contributed by atoms with Crippen LogP contribution >= 0.6 is 0 Å². The number of nitrogens with one attached hydrogen (secondary N) is 1. The Kier molecular flexibility index (Phi) is 3.73. The van der Waals surface area contributed by atoms with Gasteiger partial charge in [-0.15, -0.1) is 0 Å². The second kappa shape index (κ2) is 5.68. The molecule has 0 unspecified atom stereocenters. The summed E-state index contributed by atoms with van der Waals surface area (Å²) in [5.41, 5.74) is 3.89.